The number of hydrogen-bond acceptors (Lipinski definition) is 10. The molecule has 1 aliphatic heterocycles. The zero-order chi connectivity index (χ0) is 37.9. The van der Waals surface area contributed by atoms with Crippen LogP contribution in [0, 0.1) is 43.4 Å². The van der Waals surface area contributed by atoms with Gasteiger partial charge in [0.05, 0.1) is 33.9 Å². The molecule has 0 saturated carbocycles. The summed E-state index contributed by atoms with van der Waals surface area (Å²) in [5.41, 5.74) is 2.88. The summed E-state index contributed by atoms with van der Waals surface area (Å²) in [4.78, 5) is 4.39. The highest BCUT2D eigenvalue weighted by molar-refractivity contribution is 7.86. The van der Waals surface area contributed by atoms with E-state index >= 15 is 0 Å². The third-order valence-electron chi connectivity index (χ3n) is 6.72. The maximum atomic E-state index is 10.4. The SMILES string of the molecule is CCC(C#N)OS(C)(=O)=O.CCC(C#N)Oc1cccc(C)c1Cl.CCC(Oc1cccc(C)c1Cl)C1=NCCN1.Cc1cccc(O)c1Cl. The molecule has 3 atom stereocenters. The van der Waals surface area contributed by atoms with E-state index in [2.05, 4.69) is 27.5 Å². The molecule has 0 amide bonds. The Kier molecular flexibility index (Phi) is 20.3. The van der Waals surface area contributed by atoms with E-state index in [1.54, 1.807) is 31.2 Å². The standard InChI is InChI=1S/C13H17ClN2O.C11H12ClNO.C7H7ClO.C5H9NO3S/c1-3-10(13-15-7-8-16-13)17-11-6-4-5-9(2)12(11)14;1-3-9(7-13)14-10-6-4-5-8(2)11(10)12;1-5-3-2-4-6(9)7(5)8;1-3-5(4-6)9-10(2,7)8/h4-6,10H,3,7-8H2,1-2H3,(H,15,16);4-6,9H,3H2,1-2H3;2-4,9H,1H3;5H,3H2,1-2H3. The smallest absolute Gasteiger partial charge is 0.265 e. The Labute approximate surface area is 311 Å². The summed E-state index contributed by atoms with van der Waals surface area (Å²) in [5.74, 6) is 2.40. The summed E-state index contributed by atoms with van der Waals surface area (Å²) in [7, 11) is -3.47. The van der Waals surface area contributed by atoms with E-state index in [-0.39, 0.29) is 11.9 Å². The molecule has 0 radical (unpaired) electrons. The van der Waals surface area contributed by atoms with Crippen LogP contribution in [0.1, 0.15) is 56.7 Å². The molecular weight excluding hydrogens is 723 g/mol. The second-order valence-corrected chi connectivity index (χ2v) is 13.6. The molecule has 3 aromatic rings. The number of aliphatic imine (C=N–C) groups is 1. The number of aromatic hydroxyl groups is 1. The summed E-state index contributed by atoms with van der Waals surface area (Å²) in [5, 5.41) is 30.9. The molecule has 0 fully saturated rings. The molecule has 272 valence electrons. The van der Waals surface area contributed by atoms with Crippen molar-refractivity contribution in [3.63, 3.8) is 0 Å². The average molecular weight is 768 g/mol. The Hall–Kier alpha value is -3.71. The van der Waals surface area contributed by atoms with Crippen molar-refractivity contribution >= 4 is 50.8 Å². The zero-order valence-electron chi connectivity index (χ0n) is 29.3. The second kappa shape index (κ2) is 22.9. The summed E-state index contributed by atoms with van der Waals surface area (Å²) in [6, 6.07) is 20.3. The number of ether oxygens (including phenoxy) is 2. The normalized spacial score (nSPS) is 13.4. The lowest BCUT2D eigenvalue weighted by atomic mass is 10.2. The van der Waals surface area contributed by atoms with Crippen molar-refractivity contribution in [2.24, 2.45) is 4.99 Å². The van der Waals surface area contributed by atoms with Gasteiger partial charge in [-0.15, -0.1) is 0 Å². The van der Waals surface area contributed by atoms with Crippen molar-refractivity contribution < 1.29 is 27.2 Å². The van der Waals surface area contributed by atoms with Gasteiger partial charge in [-0.25, -0.2) is 0 Å². The van der Waals surface area contributed by atoms with E-state index in [1.807, 2.05) is 64.1 Å². The van der Waals surface area contributed by atoms with Gasteiger partial charge < -0.3 is 19.9 Å². The maximum absolute atomic E-state index is 10.4. The molecule has 1 heterocycles. The first-order chi connectivity index (χ1) is 23.6. The van der Waals surface area contributed by atoms with Crippen molar-refractivity contribution in [1.82, 2.24) is 5.32 Å². The van der Waals surface area contributed by atoms with Crippen LogP contribution in [0.3, 0.4) is 0 Å². The molecule has 3 unspecified atom stereocenters. The number of halogens is 3. The number of amidine groups is 1. The predicted molar refractivity (Wildman–Crippen MR) is 201 cm³/mol. The monoisotopic (exact) mass is 766 g/mol. The third kappa shape index (κ3) is 15.9. The van der Waals surface area contributed by atoms with Crippen LogP contribution in [0.15, 0.2) is 59.6 Å². The number of hydrogen-bond donors (Lipinski definition) is 2. The molecule has 10 nitrogen and oxygen atoms in total. The number of rotatable bonds is 10. The Morgan fingerprint density at radius 3 is 1.64 bits per heavy atom. The number of nitriles is 2. The summed E-state index contributed by atoms with van der Waals surface area (Å²) in [6.45, 7) is 13.1. The van der Waals surface area contributed by atoms with Gasteiger partial charge in [0.25, 0.3) is 10.1 Å². The number of nitrogens with one attached hydrogen (secondary N) is 1. The van der Waals surface area contributed by atoms with Crippen molar-refractivity contribution in [2.45, 2.75) is 79.1 Å². The molecule has 0 spiro atoms. The van der Waals surface area contributed by atoms with Gasteiger partial charge in [0, 0.05) is 6.54 Å². The van der Waals surface area contributed by atoms with Gasteiger partial charge in [-0.3, -0.25) is 9.18 Å². The van der Waals surface area contributed by atoms with E-state index < -0.39 is 22.3 Å². The van der Waals surface area contributed by atoms with E-state index in [0.717, 1.165) is 54.0 Å². The summed E-state index contributed by atoms with van der Waals surface area (Å²) < 4.78 is 36.5. The number of aryl methyl sites for hydroxylation is 3. The third-order valence-corrected chi connectivity index (χ3v) is 8.76. The number of benzene rings is 3. The minimum Gasteiger partial charge on any atom is -0.506 e. The first kappa shape index (κ1) is 44.3. The molecule has 2 N–H and O–H groups in total. The van der Waals surface area contributed by atoms with E-state index in [4.69, 9.17) is 59.9 Å². The van der Waals surface area contributed by atoms with Crippen molar-refractivity contribution in [3.8, 4) is 29.4 Å². The predicted octanol–water partition coefficient (Wildman–Crippen LogP) is 8.76. The van der Waals surface area contributed by atoms with E-state index in [9.17, 15) is 8.42 Å². The number of nitrogens with zero attached hydrogens (tertiary/aromatic N) is 3. The van der Waals surface area contributed by atoms with Gasteiger partial charge in [0.1, 0.15) is 29.2 Å². The molecule has 3 aromatic carbocycles. The van der Waals surface area contributed by atoms with E-state index in [0.29, 0.717) is 33.7 Å². The molecule has 1 aliphatic rings. The molecule has 50 heavy (non-hydrogen) atoms. The Balaban J connectivity index is 0.000000345. The highest BCUT2D eigenvalue weighted by Gasteiger charge is 2.20. The summed E-state index contributed by atoms with van der Waals surface area (Å²) >= 11 is 17.9. The van der Waals surface area contributed by atoms with Crippen LogP contribution in [-0.2, 0) is 14.3 Å². The van der Waals surface area contributed by atoms with Gasteiger partial charge in [0.2, 0.25) is 0 Å². The number of phenolic OH excluding ortho intramolecular Hbond substituents is 1. The zero-order valence-corrected chi connectivity index (χ0v) is 32.4. The highest BCUT2D eigenvalue weighted by atomic mass is 35.5. The van der Waals surface area contributed by atoms with Gasteiger partial charge in [-0.2, -0.15) is 18.9 Å². The van der Waals surface area contributed by atoms with Gasteiger partial charge in [-0.05, 0) is 74.9 Å². The second-order valence-electron chi connectivity index (χ2n) is 10.9. The fourth-order valence-corrected chi connectivity index (χ4v) is 4.99. The van der Waals surface area contributed by atoms with Crippen LogP contribution in [-0.4, -0.2) is 57.0 Å². The van der Waals surface area contributed by atoms with E-state index in [1.165, 1.54) is 0 Å². The highest BCUT2D eigenvalue weighted by Crippen LogP contribution is 2.30. The first-order valence-electron chi connectivity index (χ1n) is 15.8. The molecular formula is C36H45Cl3N4O6S. The molecule has 0 aliphatic carbocycles. The lowest BCUT2D eigenvalue weighted by Gasteiger charge is -2.19. The first-order valence-corrected chi connectivity index (χ1v) is 18.8. The Bertz CT molecular complexity index is 1720. The van der Waals surface area contributed by atoms with Gasteiger partial charge in [0.15, 0.2) is 18.3 Å². The summed E-state index contributed by atoms with van der Waals surface area (Å²) in [6.07, 6.45) is 1.54. The lowest BCUT2D eigenvalue weighted by molar-refractivity contribution is 0.252. The van der Waals surface area contributed by atoms with Crippen molar-refractivity contribution in [2.75, 3.05) is 19.3 Å². The fourth-order valence-electron chi connectivity index (χ4n) is 3.92. The Morgan fingerprint density at radius 1 is 0.800 bits per heavy atom. The van der Waals surface area contributed by atoms with Crippen molar-refractivity contribution in [1.29, 1.82) is 10.5 Å². The van der Waals surface area contributed by atoms with Crippen LogP contribution in [0.25, 0.3) is 0 Å². The minimum absolute atomic E-state index is 0.0307. The molecule has 0 aromatic heterocycles. The van der Waals surface area contributed by atoms with Gasteiger partial charge in [-0.1, -0.05) is 92.0 Å². The van der Waals surface area contributed by atoms with Gasteiger partial charge >= 0.3 is 0 Å². The van der Waals surface area contributed by atoms with Crippen LogP contribution in [0.5, 0.6) is 17.2 Å². The largest absolute Gasteiger partial charge is 0.506 e. The molecule has 4 rings (SSSR count). The minimum atomic E-state index is -3.47. The number of phenols is 1. The molecule has 0 saturated heterocycles. The average Bonchev–Trinajstić information content (AvgIpc) is 3.63. The Morgan fingerprint density at radius 2 is 1.28 bits per heavy atom. The lowest BCUT2D eigenvalue weighted by Crippen LogP contribution is -2.35. The van der Waals surface area contributed by atoms with Crippen LogP contribution in [0.4, 0.5) is 0 Å². The maximum Gasteiger partial charge on any atom is 0.265 e. The van der Waals surface area contributed by atoms with Crippen LogP contribution >= 0.6 is 34.8 Å². The topological polar surface area (TPSA) is 154 Å². The van der Waals surface area contributed by atoms with Crippen LogP contribution in [0.2, 0.25) is 15.1 Å². The van der Waals surface area contributed by atoms with Crippen LogP contribution < -0.4 is 14.8 Å². The fraction of sp³-hybridized carbons (Fsp3) is 0.417. The molecule has 0 bridgehead atoms. The van der Waals surface area contributed by atoms with Crippen molar-refractivity contribution in [3.05, 3.63) is 86.4 Å². The quantitative estimate of drug-likeness (QED) is 0.193. The molecule has 14 heteroatoms.